The Morgan fingerprint density at radius 1 is 1.00 bits per heavy atom. The summed E-state index contributed by atoms with van der Waals surface area (Å²) in [6, 6.07) is 16.1. The van der Waals surface area contributed by atoms with Crippen LogP contribution in [-0.4, -0.2) is 65.0 Å². The van der Waals surface area contributed by atoms with Gasteiger partial charge in [0, 0.05) is 38.4 Å². The maximum Gasteiger partial charge on any atom is 0.191 e. The summed E-state index contributed by atoms with van der Waals surface area (Å²) in [5, 5.41) is 6.85. The van der Waals surface area contributed by atoms with E-state index in [1.54, 1.807) is 7.11 Å². The zero-order chi connectivity index (χ0) is 23.0. The molecule has 7 nitrogen and oxygen atoms in total. The zero-order valence-corrected chi connectivity index (χ0v) is 19.9. The van der Waals surface area contributed by atoms with Crippen molar-refractivity contribution < 1.29 is 14.2 Å². The van der Waals surface area contributed by atoms with Crippen LogP contribution in [0.2, 0.25) is 0 Å². The molecule has 0 unspecified atom stereocenters. The lowest BCUT2D eigenvalue weighted by molar-refractivity contribution is 0.145. The number of guanidine groups is 1. The molecule has 0 saturated carbocycles. The van der Waals surface area contributed by atoms with Gasteiger partial charge < -0.3 is 29.7 Å². The molecule has 0 heterocycles. The number of methoxy groups -OCH3 is 1. The minimum Gasteiger partial charge on any atom is -0.497 e. The Labute approximate surface area is 192 Å². The van der Waals surface area contributed by atoms with Crippen molar-refractivity contribution in [2.24, 2.45) is 4.99 Å². The van der Waals surface area contributed by atoms with Crippen molar-refractivity contribution >= 4 is 5.96 Å². The van der Waals surface area contributed by atoms with Crippen molar-refractivity contribution in [3.8, 4) is 11.5 Å². The van der Waals surface area contributed by atoms with E-state index in [1.165, 1.54) is 0 Å². The third kappa shape index (κ3) is 10.0. The average molecular weight is 443 g/mol. The quantitative estimate of drug-likeness (QED) is 0.266. The Hall–Kier alpha value is -2.77. The minimum absolute atomic E-state index is 0.575. The lowest BCUT2D eigenvalue weighted by Gasteiger charge is -2.16. The monoisotopic (exact) mass is 442 g/mol. The van der Waals surface area contributed by atoms with Gasteiger partial charge in [-0.15, -0.1) is 0 Å². The highest BCUT2D eigenvalue weighted by Crippen LogP contribution is 2.17. The van der Waals surface area contributed by atoms with Crippen LogP contribution in [-0.2, 0) is 17.8 Å². The van der Waals surface area contributed by atoms with Gasteiger partial charge in [0.1, 0.15) is 18.1 Å². The molecule has 0 radical (unpaired) electrons. The van der Waals surface area contributed by atoms with E-state index in [2.05, 4.69) is 21.6 Å². The number of hydrogen-bond donors (Lipinski definition) is 2. The Morgan fingerprint density at radius 2 is 1.78 bits per heavy atom. The van der Waals surface area contributed by atoms with Crippen molar-refractivity contribution in [2.75, 3.05) is 54.1 Å². The highest BCUT2D eigenvalue weighted by Gasteiger charge is 2.06. The standard InChI is InChI=1S/C25H38N4O3/c1-5-31-17-8-15-26-25(27-19-21-11-13-23(30-4)14-12-21)28-20-22-9-6-7-10-24(22)32-18-16-29(2)3/h6-7,9-14H,5,8,15-20H2,1-4H3,(H2,26,27,28). The first-order chi connectivity index (χ1) is 15.6. The van der Waals surface area contributed by atoms with E-state index in [4.69, 9.17) is 19.2 Å². The number of nitrogens with zero attached hydrogens (tertiary/aromatic N) is 2. The van der Waals surface area contributed by atoms with E-state index in [-0.39, 0.29) is 0 Å². The number of aliphatic imine (C=N–C) groups is 1. The topological polar surface area (TPSA) is 67.3 Å². The predicted octanol–water partition coefficient (Wildman–Crippen LogP) is 3.30. The van der Waals surface area contributed by atoms with Crippen molar-refractivity contribution in [1.29, 1.82) is 0 Å². The Balaban J connectivity index is 1.99. The van der Waals surface area contributed by atoms with Gasteiger partial charge in [0.25, 0.3) is 0 Å². The Bertz CT molecular complexity index is 794. The van der Waals surface area contributed by atoms with Crippen LogP contribution in [0.3, 0.4) is 0 Å². The molecule has 0 saturated heterocycles. The number of rotatable bonds is 14. The molecule has 0 aliphatic carbocycles. The van der Waals surface area contributed by atoms with Gasteiger partial charge >= 0.3 is 0 Å². The van der Waals surface area contributed by atoms with Crippen LogP contribution >= 0.6 is 0 Å². The summed E-state index contributed by atoms with van der Waals surface area (Å²) in [6.45, 7) is 6.99. The van der Waals surface area contributed by atoms with E-state index in [0.717, 1.165) is 61.3 Å². The maximum atomic E-state index is 5.99. The van der Waals surface area contributed by atoms with Gasteiger partial charge in [-0.3, -0.25) is 0 Å². The van der Waals surface area contributed by atoms with Crippen LogP contribution in [0.5, 0.6) is 11.5 Å². The van der Waals surface area contributed by atoms with Gasteiger partial charge in [0.15, 0.2) is 5.96 Å². The molecular formula is C25H38N4O3. The molecule has 176 valence electrons. The zero-order valence-electron chi connectivity index (χ0n) is 19.9. The van der Waals surface area contributed by atoms with Gasteiger partial charge in [-0.1, -0.05) is 30.3 Å². The van der Waals surface area contributed by atoms with E-state index in [0.29, 0.717) is 19.7 Å². The third-order valence-electron chi connectivity index (χ3n) is 4.76. The van der Waals surface area contributed by atoms with Gasteiger partial charge in [0.05, 0.1) is 13.7 Å². The molecule has 2 N–H and O–H groups in total. The van der Waals surface area contributed by atoms with Crippen molar-refractivity contribution in [3.05, 3.63) is 59.7 Å². The van der Waals surface area contributed by atoms with Gasteiger partial charge in [0.2, 0.25) is 0 Å². The smallest absolute Gasteiger partial charge is 0.191 e. The lowest BCUT2D eigenvalue weighted by Crippen LogP contribution is -2.38. The maximum absolute atomic E-state index is 5.99. The first kappa shape index (κ1) is 25.5. The summed E-state index contributed by atoms with van der Waals surface area (Å²) in [7, 11) is 5.75. The van der Waals surface area contributed by atoms with Crippen molar-refractivity contribution in [1.82, 2.24) is 15.5 Å². The van der Waals surface area contributed by atoms with Crippen molar-refractivity contribution in [2.45, 2.75) is 26.4 Å². The number of benzene rings is 2. The van der Waals surface area contributed by atoms with Gasteiger partial charge in [-0.2, -0.15) is 0 Å². The van der Waals surface area contributed by atoms with E-state index in [1.807, 2.05) is 63.5 Å². The molecule has 2 rings (SSSR count). The second kappa shape index (κ2) is 15.1. The van der Waals surface area contributed by atoms with Crippen molar-refractivity contribution in [3.63, 3.8) is 0 Å². The molecule has 0 aliphatic rings. The summed E-state index contributed by atoms with van der Waals surface area (Å²) in [5.74, 6) is 2.50. The fourth-order valence-corrected chi connectivity index (χ4v) is 2.91. The molecule has 0 amide bonds. The first-order valence-electron chi connectivity index (χ1n) is 11.2. The molecule has 0 aliphatic heterocycles. The molecule has 0 fully saturated rings. The largest absolute Gasteiger partial charge is 0.497 e. The van der Waals surface area contributed by atoms with Gasteiger partial charge in [-0.05, 0) is 51.2 Å². The van der Waals surface area contributed by atoms with E-state index < -0.39 is 0 Å². The van der Waals surface area contributed by atoms with Crippen LogP contribution in [0.1, 0.15) is 24.5 Å². The molecule has 0 spiro atoms. The second-order valence-corrected chi connectivity index (χ2v) is 7.60. The molecule has 2 aromatic rings. The molecule has 0 atom stereocenters. The van der Waals surface area contributed by atoms with Gasteiger partial charge in [-0.25, -0.2) is 4.99 Å². The third-order valence-corrected chi connectivity index (χ3v) is 4.76. The summed E-state index contributed by atoms with van der Waals surface area (Å²) in [5.41, 5.74) is 2.22. The summed E-state index contributed by atoms with van der Waals surface area (Å²) < 4.78 is 16.7. The molecule has 2 aromatic carbocycles. The highest BCUT2D eigenvalue weighted by atomic mass is 16.5. The van der Waals surface area contributed by atoms with Crippen LogP contribution in [0.4, 0.5) is 0 Å². The highest BCUT2D eigenvalue weighted by molar-refractivity contribution is 5.79. The summed E-state index contributed by atoms with van der Waals surface area (Å²) in [6.07, 6.45) is 0.918. The molecule has 32 heavy (non-hydrogen) atoms. The normalized spacial score (nSPS) is 11.5. The van der Waals surface area contributed by atoms with Crippen LogP contribution < -0.4 is 20.1 Å². The Morgan fingerprint density at radius 3 is 2.50 bits per heavy atom. The lowest BCUT2D eigenvalue weighted by atomic mass is 10.2. The molecule has 7 heteroatoms. The van der Waals surface area contributed by atoms with E-state index >= 15 is 0 Å². The SMILES string of the molecule is CCOCCCNC(=NCc1ccc(OC)cc1)NCc1ccccc1OCCN(C)C. The van der Waals surface area contributed by atoms with Crippen LogP contribution in [0.15, 0.2) is 53.5 Å². The second-order valence-electron chi connectivity index (χ2n) is 7.60. The number of ether oxygens (including phenoxy) is 3. The fourth-order valence-electron chi connectivity index (χ4n) is 2.91. The summed E-state index contributed by atoms with van der Waals surface area (Å²) in [4.78, 5) is 6.87. The Kier molecular flexibility index (Phi) is 12.0. The number of nitrogens with one attached hydrogen (secondary N) is 2. The first-order valence-corrected chi connectivity index (χ1v) is 11.2. The minimum atomic E-state index is 0.575. The number of likely N-dealkylation sites (N-methyl/N-ethyl adjacent to an activating group) is 1. The predicted molar refractivity (Wildman–Crippen MR) is 131 cm³/mol. The number of para-hydroxylation sites is 1. The molecule has 0 bridgehead atoms. The summed E-state index contributed by atoms with van der Waals surface area (Å²) >= 11 is 0. The number of hydrogen-bond acceptors (Lipinski definition) is 5. The molecular weight excluding hydrogens is 404 g/mol. The average Bonchev–Trinajstić information content (AvgIpc) is 2.81. The van der Waals surface area contributed by atoms with Crippen LogP contribution in [0, 0.1) is 0 Å². The fraction of sp³-hybridized carbons (Fsp3) is 0.480. The molecule has 0 aromatic heterocycles. The van der Waals surface area contributed by atoms with Crippen LogP contribution in [0.25, 0.3) is 0 Å². The van der Waals surface area contributed by atoms with E-state index in [9.17, 15) is 0 Å².